The number of aryl methyl sites for hydroxylation is 1. The number of primary amides is 1. The topological polar surface area (TPSA) is 73.8 Å². The maximum absolute atomic E-state index is 10.2. The van der Waals surface area contributed by atoms with Crippen molar-refractivity contribution in [1.29, 1.82) is 0 Å². The Morgan fingerprint density at radius 3 is 2.60 bits per heavy atom. The van der Waals surface area contributed by atoms with Gasteiger partial charge >= 0.3 is 0 Å². The van der Waals surface area contributed by atoms with Crippen LogP contribution < -0.4 is 5.73 Å². The van der Waals surface area contributed by atoms with Crippen LogP contribution in [0.2, 0.25) is 0 Å². The molecule has 1 amide bonds. The molecule has 54 valence electrons. The maximum atomic E-state index is 10.2. The first kappa shape index (κ1) is 6.73. The molecule has 2 N–H and O–H groups in total. The molecule has 0 saturated carbocycles. The van der Waals surface area contributed by atoms with Gasteiger partial charge in [-0.1, -0.05) is 0 Å². The summed E-state index contributed by atoms with van der Waals surface area (Å²) in [6.07, 6.45) is 3.40. The van der Waals surface area contributed by atoms with E-state index in [4.69, 9.17) is 5.73 Å². The molecule has 0 aromatic carbocycles. The summed E-state index contributed by atoms with van der Waals surface area (Å²) in [6.45, 7) is 0.461. The molecule has 0 atom stereocenters. The molecule has 0 spiro atoms. The highest BCUT2D eigenvalue weighted by Crippen LogP contribution is 1.82. The number of hydrogen-bond donors (Lipinski definition) is 1. The van der Waals surface area contributed by atoms with E-state index in [2.05, 4.69) is 10.2 Å². The summed E-state index contributed by atoms with van der Waals surface area (Å²) in [5, 5.41) is 7.57. The van der Waals surface area contributed by atoms with E-state index in [0.29, 0.717) is 6.54 Å². The number of nitrogens with two attached hydrogens (primary N) is 1. The van der Waals surface area contributed by atoms with Crippen molar-refractivity contribution in [2.75, 3.05) is 0 Å². The molecule has 0 saturated heterocycles. The van der Waals surface area contributed by atoms with Crippen LogP contribution in [0.1, 0.15) is 6.42 Å². The lowest BCUT2D eigenvalue weighted by Gasteiger charge is -1.93. The van der Waals surface area contributed by atoms with Crippen molar-refractivity contribution in [3.05, 3.63) is 12.4 Å². The van der Waals surface area contributed by atoms with Crippen LogP contribution in [-0.4, -0.2) is 20.9 Å². The molecule has 0 fully saturated rings. The minimum absolute atomic E-state index is 0.286. The largest absolute Gasteiger partial charge is 0.370 e. The summed E-state index contributed by atoms with van der Waals surface area (Å²) >= 11 is 0. The molecular weight excluding hydrogens is 132 g/mol. The summed E-state index contributed by atoms with van der Waals surface area (Å²) in [5.74, 6) is -0.336. The predicted octanol–water partition coefficient (Wildman–Crippen LogP) is -0.847. The summed E-state index contributed by atoms with van der Waals surface area (Å²) in [4.78, 5) is 11.7. The van der Waals surface area contributed by atoms with Gasteiger partial charge < -0.3 is 5.73 Å². The lowest BCUT2D eigenvalue weighted by Crippen LogP contribution is -2.15. The number of rotatable bonds is 3. The fourth-order valence-electron chi connectivity index (χ4n) is 0.569. The monoisotopic (exact) mass is 140 g/mol. The summed E-state index contributed by atoms with van der Waals surface area (Å²) < 4.78 is 0. The predicted molar refractivity (Wildman–Crippen MR) is 33.8 cm³/mol. The highest BCUT2D eigenvalue weighted by Gasteiger charge is 1.95. The van der Waals surface area contributed by atoms with Gasteiger partial charge in [-0.3, -0.25) is 4.79 Å². The quantitative estimate of drug-likeness (QED) is 0.594. The lowest BCUT2D eigenvalue weighted by molar-refractivity contribution is -0.118. The molecular formula is C5H8N4O. The van der Waals surface area contributed by atoms with E-state index in [1.165, 1.54) is 4.80 Å². The molecule has 0 bridgehead atoms. The standard InChI is InChI=1S/C5H8N4O/c6-5(10)1-4-9-7-2-3-8-9/h2-3H,1,4H2,(H2,6,10). The number of hydrogen-bond acceptors (Lipinski definition) is 3. The van der Waals surface area contributed by atoms with Gasteiger partial charge in [-0.2, -0.15) is 15.0 Å². The van der Waals surface area contributed by atoms with E-state index in [0.717, 1.165) is 0 Å². The van der Waals surface area contributed by atoms with E-state index in [-0.39, 0.29) is 12.3 Å². The van der Waals surface area contributed by atoms with Gasteiger partial charge in [-0.25, -0.2) is 0 Å². The first-order chi connectivity index (χ1) is 4.79. The van der Waals surface area contributed by atoms with E-state index >= 15 is 0 Å². The SMILES string of the molecule is NC(=O)CCn1nccn1. The number of aromatic nitrogens is 3. The Balaban J connectivity index is 2.35. The van der Waals surface area contributed by atoms with Gasteiger partial charge in [-0.05, 0) is 0 Å². The number of carbonyl (C=O) groups is 1. The van der Waals surface area contributed by atoms with E-state index in [1.54, 1.807) is 12.4 Å². The van der Waals surface area contributed by atoms with Gasteiger partial charge in [0.2, 0.25) is 5.91 Å². The molecule has 5 nitrogen and oxygen atoms in total. The van der Waals surface area contributed by atoms with Crippen LogP contribution in [-0.2, 0) is 11.3 Å². The van der Waals surface area contributed by atoms with Crippen molar-refractivity contribution in [3.63, 3.8) is 0 Å². The third-order valence-corrected chi connectivity index (χ3v) is 1.02. The molecule has 1 heterocycles. The van der Waals surface area contributed by atoms with Crippen LogP contribution in [0.5, 0.6) is 0 Å². The van der Waals surface area contributed by atoms with Crippen LogP contribution in [0, 0.1) is 0 Å². The van der Waals surface area contributed by atoms with Crippen LogP contribution in [0.25, 0.3) is 0 Å². The van der Waals surface area contributed by atoms with E-state index in [1.807, 2.05) is 0 Å². The van der Waals surface area contributed by atoms with Gasteiger partial charge in [0.15, 0.2) is 0 Å². The van der Waals surface area contributed by atoms with Crippen molar-refractivity contribution >= 4 is 5.91 Å². The van der Waals surface area contributed by atoms with Gasteiger partial charge in [0.05, 0.1) is 18.9 Å². The highest BCUT2D eigenvalue weighted by atomic mass is 16.1. The molecule has 0 unspecified atom stereocenters. The fraction of sp³-hybridized carbons (Fsp3) is 0.400. The van der Waals surface area contributed by atoms with E-state index in [9.17, 15) is 4.79 Å². The maximum Gasteiger partial charge on any atom is 0.219 e. The van der Waals surface area contributed by atoms with Crippen LogP contribution >= 0.6 is 0 Å². The van der Waals surface area contributed by atoms with Gasteiger partial charge in [-0.15, -0.1) is 0 Å². The summed E-state index contributed by atoms with van der Waals surface area (Å²) in [7, 11) is 0. The zero-order valence-electron chi connectivity index (χ0n) is 5.40. The minimum atomic E-state index is -0.336. The molecule has 10 heavy (non-hydrogen) atoms. The Hall–Kier alpha value is -1.39. The normalized spacial score (nSPS) is 9.60. The molecule has 0 aliphatic rings. The van der Waals surface area contributed by atoms with E-state index < -0.39 is 0 Å². The second-order valence-corrected chi connectivity index (χ2v) is 1.84. The lowest BCUT2D eigenvalue weighted by atomic mass is 10.4. The average molecular weight is 140 g/mol. The summed E-state index contributed by atoms with van der Waals surface area (Å²) in [5.41, 5.74) is 4.90. The molecule has 0 aliphatic carbocycles. The van der Waals surface area contributed by atoms with Crippen LogP contribution in [0.15, 0.2) is 12.4 Å². The zero-order valence-corrected chi connectivity index (χ0v) is 5.40. The van der Waals surface area contributed by atoms with Crippen molar-refractivity contribution in [1.82, 2.24) is 15.0 Å². The van der Waals surface area contributed by atoms with Gasteiger partial charge in [0.25, 0.3) is 0 Å². The first-order valence-electron chi connectivity index (χ1n) is 2.91. The van der Waals surface area contributed by atoms with Crippen molar-refractivity contribution in [2.24, 2.45) is 5.73 Å². The van der Waals surface area contributed by atoms with Gasteiger partial charge in [0.1, 0.15) is 0 Å². The molecule has 1 rings (SSSR count). The first-order valence-corrected chi connectivity index (χ1v) is 2.91. The number of nitrogens with zero attached hydrogens (tertiary/aromatic N) is 3. The van der Waals surface area contributed by atoms with Crippen molar-refractivity contribution in [3.8, 4) is 0 Å². The Kier molecular flexibility index (Phi) is 1.99. The summed E-state index contributed by atoms with van der Waals surface area (Å²) in [6, 6.07) is 0. The average Bonchev–Trinajstić information content (AvgIpc) is 2.34. The van der Waals surface area contributed by atoms with Crippen LogP contribution in [0.4, 0.5) is 0 Å². The van der Waals surface area contributed by atoms with Crippen LogP contribution in [0.3, 0.4) is 0 Å². The number of amides is 1. The molecule has 0 aliphatic heterocycles. The fourth-order valence-corrected chi connectivity index (χ4v) is 0.569. The third-order valence-electron chi connectivity index (χ3n) is 1.02. The Labute approximate surface area is 57.8 Å². The molecule has 1 aromatic rings. The Morgan fingerprint density at radius 2 is 2.10 bits per heavy atom. The minimum Gasteiger partial charge on any atom is -0.370 e. The van der Waals surface area contributed by atoms with Gasteiger partial charge in [0, 0.05) is 6.42 Å². The van der Waals surface area contributed by atoms with Crippen molar-refractivity contribution in [2.45, 2.75) is 13.0 Å². The second kappa shape index (κ2) is 2.95. The number of carbonyl (C=O) groups excluding carboxylic acids is 1. The third kappa shape index (κ3) is 1.85. The Morgan fingerprint density at radius 1 is 1.50 bits per heavy atom. The van der Waals surface area contributed by atoms with Crippen molar-refractivity contribution < 1.29 is 4.79 Å². The molecule has 0 radical (unpaired) electrons. The molecule has 1 aromatic heterocycles. The Bertz CT molecular complexity index is 205. The zero-order chi connectivity index (χ0) is 7.40. The second-order valence-electron chi connectivity index (χ2n) is 1.84. The highest BCUT2D eigenvalue weighted by molar-refractivity contribution is 5.73. The molecule has 5 heteroatoms. The smallest absolute Gasteiger partial charge is 0.219 e.